The van der Waals surface area contributed by atoms with Crippen LogP contribution in [0.25, 0.3) is 0 Å². The summed E-state index contributed by atoms with van der Waals surface area (Å²) in [5.74, 6) is 0.896. The fourth-order valence-corrected chi connectivity index (χ4v) is 2.79. The van der Waals surface area contributed by atoms with Crippen molar-refractivity contribution in [1.29, 1.82) is 0 Å². The lowest BCUT2D eigenvalue weighted by molar-refractivity contribution is -0.118. The number of nitrogens with one attached hydrogen (secondary N) is 2. The van der Waals surface area contributed by atoms with Crippen LogP contribution in [0.3, 0.4) is 0 Å². The molecule has 0 aliphatic heterocycles. The summed E-state index contributed by atoms with van der Waals surface area (Å²) in [6, 6.07) is 19.6. The summed E-state index contributed by atoms with van der Waals surface area (Å²) in [7, 11) is 1.59. The molecule has 6 nitrogen and oxygen atoms in total. The Morgan fingerprint density at radius 3 is 2.13 bits per heavy atom. The molecule has 3 rings (SSSR count). The van der Waals surface area contributed by atoms with Gasteiger partial charge in [-0.25, -0.2) is 0 Å². The number of aryl methyl sites for hydroxylation is 2. The SMILES string of the molecule is COc1ccc(NC(=O)c2ccc(NC(=O)COc3cc(C)ccc3C)cc2)cc1. The summed E-state index contributed by atoms with van der Waals surface area (Å²) in [6.45, 7) is 3.81. The predicted molar refractivity (Wildman–Crippen MR) is 117 cm³/mol. The Labute approximate surface area is 175 Å². The molecule has 0 fully saturated rings. The largest absolute Gasteiger partial charge is 0.497 e. The maximum absolute atomic E-state index is 12.4. The van der Waals surface area contributed by atoms with Crippen LogP contribution in [0.1, 0.15) is 21.5 Å². The number of anilines is 2. The number of hydrogen-bond donors (Lipinski definition) is 2. The van der Waals surface area contributed by atoms with Crippen molar-refractivity contribution in [2.24, 2.45) is 0 Å². The maximum Gasteiger partial charge on any atom is 0.262 e. The summed E-state index contributed by atoms with van der Waals surface area (Å²) in [6.07, 6.45) is 0. The van der Waals surface area contributed by atoms with Gasteiger partial charge in [0.05, 0.1) is 7.11 Å². The molecule has 2 N–H and O–H groups in total. The van der Waals surface area contributed by atoms with E-state index in [1.165, 1.54) is 0 Å². The lowest BCUT2D eigenvalue weighted by Crippen LogP contribution is -2.20. The second kappa shape index (κ2) is 9.60. The van der Waals surface area contributed by atoms with Gasteiger partial charge in [0, 0.05) is 16.9 Å². The number of amides is 2. The highest BCUT2D eigenvalue weighted by Gasteiger charge is 2.09. The number of methoxy groups -OCH3 is 1. The first-order valence-electron chi connectivity index (χ1n) is 9.50. The monoisotopic (exact) mass is 404 g/mol. The fourth-order valence-electron chi connectivity index (χ4n) is 2.79. The Balaban J connectivity index is 1.53. The van der Waals surface area contributed by atoms with Gasteiger partial charge in [-0.3, -0.25) is 9.59 Å². The molecule has 154 valence electrons. The second-order valence-electron chi connectivity index (χ2n) is 6.87. The van der Waals surface area contributed by atoms with Gasteiger partial charge < -0.3 is 20.1 Å². The lowest BCUT2D eigenvalue weighted by Gasteiger charge is -2.11. The van der Waals surface area contributed by atoms with Gasteiger partial charge in [0.15, 0.2) is 6.61 Å². The first kappa shape index (κ1) is 20.9. The lowest BCUT2D eigenvalue weighted by atomic mass is 10.1. The molecular formula is C24H24N2O4. The molecule has 0 aliphatic rings. The third-order valence-corrected chi connectivity index (χ3v) is 4.48. The van der Waals surface area contributed by atoms with Gasteiger partial charge in [-0.15, -0.1) is 0 Å². The zero-order valence-electron chi connectivity index (χ0n) is 17.2. The van der Waals surface area contributed by atoms with E-state index in [0.717, 1.165) is 16.9 Å². The van der Waals surface area contributed by atoms with Crippen LogP contribution in [0.15, 0.2) is 66.7 Å². The highest BCUT2D eigenvalue weighted by molar-refractivity contribution is 6.04. The molecule has 2 amide bonds. The summed E-state index contributed by atoms with van der Waals surface area (Å²) in [4.78, 5) is 24.5. The molecule has 6 heteroatoms. The molecule has 3 aromatic rings. The Hall–Kier alpha value is -3.80. The van der Waals surface area contributed by atoms with Gasteiger partial charge >= 0.3 is 0 Å². The molecule has 0 atom stereocenters. The van der Waals surface area contributed by atoms with Crippen molar-refractivity contribution in [3.05, 3.63) is 83.4 Å². The van der Waals surface area contributed by atoms with Gasteiger partial charge in [0.1, 0.15) is 11.5 Å². The van der Waals surface area contributed by atoms with Gasteiger partial charge in [-0.1, -0.05) is 12.1 Å². The van der Waals surface area contributed by atoms with E-state index in [0.29, 0.717) is 22.7 Å². The normalized spacial score (nSPS) is 10.2. The van der Waals surface area contributed by atoms with E-state index in [-0.39, 0.29) is 18.4 Å². The molecule has 0 bridgehead atoms. The van der Waals surface area contributed by atoms with Gasteiger partial charge in [0.25, 0.3) is 11.8 Å². The zero-order chi connectivity index (χ0) is 21.5. The van der Waals surface area contributed by atoms with Gasteiger partial charge in [-0.2, -0.15) is 0 Å². The second-order valence-corrected chi connectivity index (χ2v) is 6.87. The summed E-state index contributed by atoms with van der Waals surface area (Å²) in [5, 5.41) is 5.58. The van der Waals surface area contributed by atoms with Crippen molar-refractivity contribution >= 4 is 23.2 Å². The number of rotatable bonds is 7. The maximum atomic E-state index is 12.4. The Morgan fingerprint density at radius 1 is 0.833 bits per heavy atom. The van der Waals surface area contributed by atoms with Crippen molar-refractivity contribution in [3.63, 3.8) is 0 Å². The van der Waals surface area contributed by atoms with Crippen LogP contribution in [0.2, 0.25) is 0 Å². The van der Waals surface area contributed by atoms with Crippen LogP contribution in [-0.2, 0) is 4.79 Å². The number of ether oxygens (including phenoxy) is 2. The fraction of sp³-hybridized carbons (Fsp3) is 0.167. The van der Waals surface area contributed by atoms with E-state index in [4.69, 9.17) is 9.47 Å². The van der Waals surface area contributed by atoms with Crippen LogP contribution in [0.4, 0.5) is 11.4 Å². The minimum atomic E-state index is -0.272. The average molecular weight is 404 g/mol. The van der Waals surface area contributed by atoms with E-state index < -0.39 is 0 Å². The molecule has 0 aliphatic carbocycles. The van der Waals surface area contributed by atoms with E-state index in [1.807, 2.05) is 32.0 Å². The molecule has 0 saturated heterocycles. The molecule has 0 saturated carbocycles. The van der Waals surface area contributed by atoms with Crippen molar-refractivity contribution in [2.45, 2.75) is 13.8 Å². The molecule has 30 heavy (non-hydrogen) atoms. The van der Waals surface area contributed by atoms with E-state index in [1.54, 1.807) is 55.6 Å². The molecular weight excluding hydrogens is 380 g/mol. The minimum Gasteiger partial charge on any atom is -0.497 e. The first-order valence-corrected chi connectivity index (χ1v) is 9.50. The van der Waals surface area contributed by atoms with Crippen molar-refractivity contribution in [2.75, 3.05) is 24.4 Å². The van der Waals surface area contributed by atoms with Crippen molar-refractivity contribution in [3.8, 4) is 11.5 Å². The van der Waals surface area contributed by atoms with Crippen molar-refractivity contribution < 1.29 is 19.1 Å². The summed E-state index contributed by atoms with van der Waals surface area (Å²) >= 11 is 0. The first-order chi connectivity index (χ1) is 14.4. The number of benzene rings is 3. The third-order valence-electron chi connectivity index (χ3n) is 4.48. The van der Waals surface area contributed by atoms with Gasteiger partial charge in [-0.05, 0) is 79.6 Å². The molecule has 0 radical (unpaired) electrons. The van der Waals surface area contributed by atoms with Crippen LogP contribution >= 0.6 is 0 Å². The zero-order valence-corrected chi connectivity index (χ0v) is 17.2. The molecule has 3 aromatic carbocycles. The summed E-state index contributed by atoms with van der Waals surface area (Å²) in [5.41, 5.74) is 3.78. The Morgan fingerprint density at radius 2 is 1.47 bits per heavy atom. The van der Waals surface area contributed by atoms with E-state index in [2.05, 4.69) is 10.6 Å². The number of carbonyl (C=O) groups is 2. The van der Waals surface area contributed by atoms with Crippen molar-refractivity contribution in [1.82, 2.24) is 0 Å². The number of carbonyl (C=O) groups excluding carboxylic acids is 2. The molecule has 0 spiro atoms. The smallest absolute Gasteiger partial charge is 0.262 e. The molecule has 0 aromatic heterocycles. The molecule has 0 unspecified atom stereocenters. The minimum absolute atomic E-state index is 0.0933. The van der Waals surface area contributed by atoms with Crippen LogP contribution in [0.5, 0.6) is 11.5 Å². The Kier molecular flexibility index (Phi) is 6.70. The van der Waals surface area contributed by atoms with E-state index in [9.17, 15) is 9.59 Å². The predicted octanol–water partition coefficient (Wildman–Crippen LogP) is 4.58. The van der Waals surface area contributed by atoms with Crippen LogP contribution in [0, 0.1) is 13.8 Å². The summed E-state index contributed by atoms with van der Waals surface area (Å²) < 4.78 is 10.7. The number of hydrogen-bond acceptors (Lipinski definition) is 4. The van der Waals surface area contributed by atoms with Crippen LogP contribution in [-0.4, -0.2) is 25.5 Å². The highest BCUT2D eigenvalue weighted by Crippen LogP contribution is 2.19. The topological polar surface area (TPSA) is 76.7 Å². The third kappa shape index (κ3) is 5.61. The van der Waals surface area contributed by atoms with Gasteiger partial charge in [0.2, 0.25) is 0 Å². The average Bonchev–Trinajstić information content (AvgIpc) is 2.75. The quantitative estimate of drug-likeness (QED) is 0.604. The molecule has 0 heterocycles. The van der Waals surface area contributed by atoms with Crippen LogP contribution < -0.4 is 20.1 Å². The van der Waals surface area contributed by atoms with E-state index >= 15 is 0 Å². The standard InChI is InChI=1S/C24H24N2O4/c1-16-4-5-17(2)22(14-16)30-15-23(27)25-19-8-6-18(7-9-19)24(28)26-20-10-12-21(29-3)13-11-20/h4-14H,15H2,1-3H3,(H,25,27)(H,26,28). The Bertz CT molecular complexity index is 1030. The highest BCUT2D eigenvalue weighted by atomic mass is 16.5.